The quantitative estimate of drug-likeness (QED) is 0.422. The van der Waals surface area contributed by atoms with Crippen LogP contribution in [0.1, 0.15) is 0 Å². The summed E-state index contributed by atoms with van der Waals surface area (Å²) in [6, 6.07) is 0. The molecule has 0 fully saturated rings. The summed E-state index contributed by atoms with van der Waals surface area (Å²) in [6.45, 7) is 0. The van der Waals surface area contributed by atoms with Crippen molar-refractivity contribution < 1.29 is 10.2 Å². The van der Waals surface area contributed by atoms with Crippen LogP contribution in [-0.4, -0.2) is 24.4 Å². The van der Waals surface area contributed by atoms with Crippen LogP contribution in [0.4, 0.5) is 0 Å². The molecule has 0 saturated carbocycles. The van der Waals surface area contributed by atoms with Crippen LogP contribution in [0.25, 0.3) is 0 Å². The van der Waals surface area contributed by atoms with Gasteiger partial charge < -0.3 is 22.5 Å². The highest BCUT2D eigenvalue weighted by atomic mass is 35.5. The molecule has 0 aromatic carbocycles. The third-order valence-corrected chi connectivity index (χ3v) is 0. The lowest BCUT2D eigenvalue weighted by Gasteiger charge is -1.21. The summed E-state index contributed by atoms with van der Waals surface area (Å²) >= 11 is 0. The maximum atomic E-state index is 7.00. The highest BCUT2D eigenvalue weighted by Crippen LogP contribution is 0.757. The van der Waals surface area contributed by atoms with Gasteiger partial charge in [-0.2, -0.15) is 0 Å². The van der Waals surface area contributed by atoms with Gasteiger partial charge in [0, 0.05) is 14.2 Å². The van der Waals surface area contributed by atoms with Crippen LogP contribution in [0.15, 0.2) is 0 Å². The largest absolute Gasteiger partial charge is 0.400 e. The third-order valence-electron chi connectivity index (χ3n) is 0. The number of hydrogen-bond acceptors (Lipinski definition) is 4. The molecule has 0 bridgehead atoms. The van der Waals surface area contributed by atoms with E-state index in [1.165, 1.54) is 0 Å². The smallest absolute Gasteiger partial charge is 0.0319 e. The molecule has 60 valence electrons. The topological polar surface area (TPSA) is 110 Å². The molecule has 0 aliphatic heterocycles. The van der Waals surface area contributed by atoms with Crippen LogP contribution < -0.4 is 12.3 Å². The van der Waals surface area contributed by atoms with Gasteiger partial charge in [-0.05, 0) is 0 Å². The Bertz CT molecular complexity index is 16.0. The predicted molar refractivity (Wildman–Crippen MR) is 40.8 cm³/mol. The lowest BCUT2D eigenvalue weighted by Crippen LogP contribution is -1.25. The highest BCUT2D eigenvalue weighted by Gasteiger charge is 0.841. The lowest BCUT2D eigenvalue weighted by atomic mass is 11.8. The average molecular weight is 171 g/mol. The van der Waals surface area contributed by atoms with Crippen molar-refractivity contribution in [3.63, 3.8) is 0 Å². The molecule has 0 aromatic heterocycles. The summed E-state index contributed by atoms with van der Waals surface area (Å²) in [7, 11) is 2.00. The van der Waals surface area contributed by atoms with E-state index in [0.717, 1.165) is 14.2 Å². The van der Waals surface area contributed by atoms with E-state index < -0.39 is 0 Å². The predicted octanol–water partition coefficient (Wildman–Crippen LogP) is 0.385. The Hall–Kier alpha value is 0.420. The Morgan fingerprint density at radius 1 is 0.625 bits per heavy atom. The molecule has 0 radical (unpaired) electrons. The number of halogens is 2. The summed E-state index contributed by atoms with van der Waals surface area (Å²) in [5, 5.41) is 14.0. The minimum atomic E-state index is 0. The SMILES string of the molecule is CO.CO.Cl.Cl.N.N. The van der Waals surface area contributed by atoms with Crippen molar-refractivity contribution >= 4 is 24.8 Å². The fraction of sp³-hybridized carbons (Fsp3) is 1.00. The zero-order valence-electron chi connectivity index (χ0n) is 5.13. The molecular formula is C2H16Cl2N2O2. The van der Waals surface area contributed by atoms with Crippen molar-refractivity contribution in [1.29, 1.82) is 0 Å². The zero-order valence-corrected chi connectivity index (χ0v) is 6.76. The molecule has 0 heterocycles. The number of rotatable bonds is 0. The Labute approximate surface area is 62.3 Å². The Morgan fingerprint density at radius 2 is 0.625 bits per heavy atom. The molecule has 8 heavy (non-hydrogen) atoms. The third kappa shape index (κ3) is 1070. The Kier molecular flexibility index (Phi) is 17200. The van der Waals surface area contributed by atoms with E-state index in [2.05, 4.69) is 0 Å². The van der Waals surface area contributed by atoms with E-state index in [4.69, 9.17) is 10.2 Å². The van der Waals surface area contributed by atoms with Gasteiger partial charge in [0.05, 0.1) is 0 Å². The number of hydrogen-bond donors (Lipinski definition) is 4. The van der Waals surface area contributed by atoms with Crippen LogP contribution >= 0.6 is 24.8 Å². The van der Waals surface area contributed by atoms with Crippen LogP contribution in [0.5, 0.6) is 0 Å². The maximum Gasteiger partial charge on any atom is 0.0319 e. The number of aliphatic hydroxyl groups excluding tert-OH is 2. The molecule has 0 atom stereocenters. The fourth-order valence-electron chi connectivity index (χ4n) is 0. The first-order valence-electron chi connectivity index (χ1n) is 0.894. The molecule has 6 heteroatoms. The molecule has 0 amide bonds. The lowest BCUT2D eigenvalue weighted by molar-refractivity contribution is 0.399. The first kappa shape index (κ1) is 79.2. The van der Waals surface area contributed by atoms with Crippen LogP contribution in [0.3, 0.4) is 0 Å². The minimum absolute atomic E-state index is 0. The second-order valence-electron chi connectivity index (χ2n) is 0. The van der Waals surface area contributed by atoms with Crippen molar-refractivity contribution in [2.45, 2.75) is 0 Å². The average Bonchev–Trinajstić information content (AvgIpc) is 1.50. The zero-order chi connectivity index (χ0) is 4.00. The molecule has 8 N–H and O–H groups in total. The molecule has 0 unspecified atom stereocenters. The van der Waals surface area contributed by atoms with E-state index in [0.29, 0.717) is 0 Å². The van der Waals surface area contributed by atoms with E-state index in [9.17, 15) is 0 Å². The van der Waals surface area contributed by atoms with Gasteiger partial charge in [-0.15, -0.1) is 24.8 Å². The van der Waals surface area contributed by atoms with Gasteiger partial charge in [-0.25, -0.2) is 0 Å². The summed E-state index contributed by atoms with van der Waals surface area (Å²) < 4.78 is 0. The van der Waals surface area contributed by atoms with Crippen molar-refractivity contribution in [2.75, 3.05) is 14.2 Å². The van der Waals surface area contributed by atoms with Gasteiger partial charge in [0.15, 0.2) is 0 Å². The van der Waals surface area contributed by atoms with Crippen molar-refractivity contribution in [2.24, 2.45) is 0 Å². The maximum absolute atomic E-state index is 7.00. The van der Waals surface area contributed by atoms with Gasteiger partial charge in [0.1, 0.15) is 0 Å². The van der Waals surface area contributed by atoms with E-state index in [1.54, 1.807) is 0 Å². The molecule has 0 aromatic rings. The van der Waals surface area contributed by atoms with Gasteiger partial charge in [-0.1, -0.05) is 0 Å². The number of aliphatic hydroxyl groups is 2. The van der Waals surface area contributed by atoms with Crippen molar-refractivity contribution in [1.82, 2.24) is 12.3 Å². The van der Waals surface area contributed by atoms with Crippen LogP contribution in [-0.2, 0) is 0 Å². The van der Waals surface area contributed by atoms with Crippen LogP contribution in [0.2, 0.25) is 0 Å². The second-order valence-corrected chi connectivity index (χ2v) is 0. The molecule has 0 aliphatic rings. The molecule has 0 spiro atoms. The molecule has 4 nitrogen and oxygen atoms in total. The molecular weight excluding hydrogens is 155 g/mol. The van der Waals surface area contributed by atoms with Gasteiger partial charge in [-0.3, -0.25) is 0 Å². The van der Waals surface area contributed by atoms with Crippen molar-refractivity contribution in [3.05, 3.63) is 0 Å². The van der Waals surface area contributed by atoms with E-state index >= 15 is 0 Å². The minimum Gasteiger partial charge on any atom is -0.400 e. The standard InChI is InChI=1S/2CH4O.2ClH.2H3N/c2*1-2;;;;/h2*2H,1H3;2*1H;2*1H3. The summed E-state index contributed by atoms with van der Waals surface area (Å²) in [6.07, 6.45) is 0. The van der Waals surface area contributed by atoms with Gasteiger partial charge in [0.2, 0.25) is 0 Å². The first-order valence-corrected chi connectivity index (χ1v) is 0.894. The summed E-state index contributed by atoms with van der Waals surface area (Å²) in [4.78, 5) is 0. The van der Waals surface area contributed by atoms with Crippen molar-refractivity contribution in [3.8, 4) is 0 Å². The molecule has 0 saturated heterocycles. The molecule has 0 rings (SSSR count). The van der Waals surface area contributed by atoms with Gasteiger partial charge >= 0.3 is 0 Å². The Morgan fingerprint density at radius 3 is 0.625 bits per heavy atom. The fourth-order valence-corrected chi connectivity index (χ4v) is 0. The molecule has 0 aliphatic carbocycles. The normalized spacial score (nSPS) is 1.50. The summed E-state index contributed by atoms with van der Waals surface area (Å²) in [5.41, 5.74) is 0. The Balaban J connectivity index is -0.00000000167. The van der Waals surface area contributed by atoms with E-state index in [-0.39, 0.29) is 37.1 Å². The van der Waals surface area contributed by atoms with E-state index in [1.807, 2.05) is 0 Å². The highest BCUT2D eigenvalue weighted by molar-refractivity contribution is 5.85. The first-order chi connectivity index (χ1) is 2.00. The van der Waals surface area contributed by atoms with Crippen LogP contribution in [0, 0.1) is 0 Å². The monoisotopic (exact) mass is 170 g/mol. The summed E-state index contributed by atoms with van der Waals surface area (Å²) in [5.74, 6) is 0. The second kappa shape index (κ2) is 1730. The van der Waals surface area contributed by atoms with Gasteiger partial charge in [0.25, 0.3) is 0 Å².